The molecule has 2 rings (SSSR count). The van der Waals surface area contributed by atoms with Gasteiger partial charge in [-0.3, -0.25) is 0 Å². The summed E-state index contributed by atoms with van der Waals surface area (Å²) in [7, 11) is 0. The minimum absolute atomic E-state index is 0. The molecule has 0 aliphatic heterocycles. The first-order valence-electron chi connectivity index (χ1n) is 4.15. The first-order chi connectivity index (χ1) is 6.79. The number of aromatic nitrogens is 2. The third-order valence-corrected chi connectivity index (χ3v) is 2.43. The van der Waals surface area contributed by atoms with E-state index in [0.717, 1.165) is 22.1 Å². The summed E-state index contributed by atoms with van der Waals surface area (Å²) in [5.41, 5.74) is 1.92. The van der Waals surface area contributed by atoms with E-state index in [4.69, 9.17) is 23.2 Å². The molecule has 0 bridgehead atoms. The van der Waals surface area contributed by atoms with Crippen molar-refractivity contribution in [3.8, 4) is 11.4 Å². The Morgan fingerprint density at radius 3 is 2.40 bits per heavy atom. The van der Waals surface area contributed by atoms with Crippen LogP contribution in [0.1, 0.15) is 5.69 Å². The lowest BCUT2D eigenvalue weighted by molar-refractivity contribution is 1.22. The Kier molecular flexibility index (Phi) is 4.45. The number of nitrogens with one attached hydrogen (secondary N) is 1. The molecule has 80 valence electrons. The van der Waals surface area contributed by atoms with Crippen LogP contribution in [0.3, 0.4) is 0 Å². The molecule has 0 aliphatic rings. The van der Waals surface area contributed by atoms with Gasteiger partial charge < -0.3 is 4.98 Å². The van der Waals surface area contributed by atoms with Gasteiger partial charge in [0.1, 0.15) is 5.82 Å². The summed E-state index contributed by atoms with van der Waals surface area (Å²) < 4.78 is 0. The summed E-state index contributed by atoms with van der Waals surface area (Å²) >= 11 is 11.4. The monoisotopic (exact) mass is 262 g/mol. The van der Waals surface area contributed by atoms with Crippen LogP contribution in [0.4, 0.5) is 0 Å². The molecular formula is C10H9Cl3N2. The van der Waals surface area contributed by atoms with Gasteiger partial charge in [0.25, 0.3) is 0 Å². The Morgan fingerprint density at radius 1 is 1.20 bits per heavy atom. The molecule has 1 aromatic heterocycles. The average molecular weight is 264 g/mol. The first kappa shape index (κ1) is 12.4. The van der Waals surface area contributed by atoms with Gasteiger partial charge in [-0.2, -0.15) is 0 Å². The van der Waals surface area contributed by atoms with E-state index in [1.165, 1.54) is 0 Å². The largest absolute Gasteiger partial charge is 0.341 e. The zero-order chi connectivity index (χ0) is 9.97. The van der Waals surface area contributed by atoms with Gasteiger partial charge in [0.05, 0.1) is 5.88 Å². The van der Waals surface area contributed by atoms with Gasteiger partial charge in [-0.1, -0.05) is 11.6 Å². The lowest BCUT2D eigenvalue weighted by atomic mass is 10.2. The van der Waals surface area contributed by atoms with Crippen LogP contribution in [0.5, 0.6) is 0 Å². The molecule has 0 radical (unpaired) electrons. The number of nitrogens with zero attached hydrogens (tertiary/aromatic N) is 1. The van der Waals surface area contributed by atoms with Crippen LogP contribution in [0, 0.1) is 0 Å². The number of benzene rings is 1. The van der Waals surface area contributed by atoms with E-state index in [9.17, 15) is 0 Å². The highest BCUT2D eigenvalue weighted by atomic mass is 35.5. The third kappa shape index (κ3) is 2.88. The second-order valence-electron chi connectivity index (χ2n) is 2.90. The van der Waals surface area contributed by atoms with Gasteiger partial charge in [-0.05, 0) is 24.3 Å². The predicted octanol–water partition coefficient (Wildman–Crippen LogP) is 3.89. The number of hydrogen-bond acceptors (Lipinski definition) is 1. The lowest BCUT2D eigenvalue weighted by Gasteiger charge is -1.96. The molecule has 0 spiro atoms. The molecule has 0 unspecified atom stereocenters. The van der Waals surface area contributed by atoms with E-state index < -0.39 is 0 Å². The van der Waals surface area contributed by atoms with Gasteiger partial charge in [-0.25, -0.2) is 4.98 Å². The minimum atomic E-state index is 0. The van der Waals surface area contributed by atoms with E-state index >= 15 is 0 Å². The fraction of sp³-hybridized carbons (Fsp3) is 0.100. The molecule has 0 aliphatic carbocycles. The maximum absolute atomic E-state index is 5.78. The number of imidazole rings is 1. The van der Waals surface area contributed by atoms with E-state index in [-0.39, 0.29) is 12.4 Å². The quantitative estimate of drug-likeness (QED) is 0.818. The van der Waals surface area contributed by atoms with Crippen LogP contribution in [-0.2, 0) is 5.88 Å². The molecule has 1 N–H and O–H groups in total. The van der Waals surface area contributed by atoms with Gasteiger partial charge in [0.2, 0.25) is 0 Å². The summed E-state index contributed by atoms with van der Waals surface area (Å²) in [5, 5.41) is 0.720. The second kappa shape index (κ2) is 5.40. The number of H-pyrrole nitrogens is 1. The van der Waals surface area contributed by atoms with Crippen LogP contribution in [-0.4, -0.2) is 9.97 Å². The Labute approximate surface area is 104 Å². The predicted molar refractivity (Wildman–Crippen MR) is 65.8 cm³/mol. The van der Waals surface area contributed by atoms with E-state index in [1.807, 2.05) is 24.3 Å². The van der Waals surface area contributed by atoms with Crippen LogP contribution in [0.15, 0.2) is 30.5 Å². The molecule has 0 fully saturated rings. The summed E-state index contributed by atoms with van der Waals surface area (Å²) in [6, 6.07) is 7.50. The lowest BCUT2D eigenvalue weighted by Crippen LogP contribution is -1.80. The van der Waals surface area contributed by atoms with Gasteiger partial charge in [0.15, 0.2) is 0 Å². The number of halogens is 3. The van der Waals surface area contributed by atoms with E-state index in [2.05, 4.69) is 9.97 Å². The minimum Gasteiger partial charge on any atom is -0.341 e. The summed E-state index contributed by atoms with van der Waals surface area (Å²) in [6.07, 6.45) is 1.73. The maximum Gasteiger partial charge on any atom is 0.137 e. The van der Waals surface area contributed by atoms with Crippen molar-refractivity contribution in [2.24, 2.45) is 0 Å². The summed E-state index contributed by atoms with van der Waals surface area (Å²) in [5.74, 6) is 1.26. The summed E-state index contributed by atoms with van der Waals surface area (Å²) in [6.45, 7) is 0. The molecule has 0 saturated carbocycles. The fourth-order valence-electron chi connectivity index (χ4n) is 1.18. The maximum atomic E-state index is 5.78. The molecular weight excluding hydrogens is 254 g/mol. The third-order valence-electron chi connectivity index (χ3n) is 1.89. The topological polar surface area (TPSA) is 28.7 Å². The molecule has 0 atom stereocenters. The fourth-order valence-corrected chi connectivity index (χ4v) is 1.44. The standard InChI is InChI=1S/C10H8Cl2N2.ClH/c11-5-9-6-13-10(14-9)7-1-3-8(12)4-2-7;/h1-4,6H,5H2,(H,13,14);1H. The molecule has 5 heteroatoms. The van der Waals surface area contributed by atoms with Crippen molar-refractivity contribution in [1.82, 2.24) is 9.97 Å². The number of rotatable bonds is 2. The SMILES string of the molecule is Cl.ClCc1cnc(-c2ccc(Cl)cc2)[nH]1. The van der Waals surface area contributed by atoms with Crippen molar-refractivity contribution >= 4 is 35.6 Å². The Morgan fingerprint density at radius 2 is 1.87 bits per heavy atom. The smallest absolute Gasteiger partial charge is 0.137 e. The Bertz CT molecular complexity index is 422. The van der Waals surface area contributed by atoms with Crippen molar-refractivity contribution in [1.29, 1.82) is 0 Å². The first-order valence-corrected chi connectivity index (χ1v) is 5.06. The Hall–Kier alpha value is -0.700. The van der Waals surface area contributed by atoms with Gasteiger partial charge >= 0.3 is 0 Å². The zero-order valence-electron chi connectivity index (χ0n) is 7.71. The molecule has 0 saturated heterocycles. The molecule has 15 heavy (non-hydrogen) atoms. The molecule has 2 nitrogen and oxygen atoms in total. The van der Waals surface area contributed by atoms with E-state index in [0.29, 0.717) is 5.88 Å². The van der Waals surface area contributed by atoms with Crippen molar-refractivity contribution in [3.63, 3.8) is 0 Å². The summed E-state index contributed by atoms with van der Waals surface area (Å²) in [4.78, 5) is 7.32. The van der Waals surface area contributed by atoms with Crippen LogP contribution < -0.4 is 0 Å². The van der Waals surface area contributed by atoms with Crippen molar-refractivity contribution < 1.29 is 0 Å². The normalized spacial score (nSPS) is 9.73. The van der Waals surface area contributed by atoms with E-state index in [1.54, 1.807) is 6.20 Å². The Balaban J connectivity index is 0.00000112. The second-order valence-corrected chi connectivity index (χ2v) is 3.60. The number of hydrogen-bond donors (Lipinski definition) is 1. The van der Waals surface area contributed by atoms with Crippen LogP contribution in [0.2, 0.25) is 5.02 Å². The number of alkyl halides is 1. The van der Waals surface area contributed by atoms with Crippen LogP contribution in [0.25, 0.3) is 11.4 Å². The highest BCUT2D eigenvalue weighted by Gasteiger charge is 2.01. The van der Waals surface area contributed by atoms with Gasteiger partial charge in [-0.15, -0.1) is 24.0 Å². The van der Waals surface area contributed by atoms with Crippen molar-refractivity contribution in [2.45, 2.75) is 5.88 Å². The molecule has 0 amide bonds. The number of aromatic amines is 1. The highest BCUT2D eigenvalue weighted by Crippen LogP contribution is 2.18. The zero-order valence-corrected chi connectivity index (χ0v) is 10.0. The molecule has 1 heterocycles. The van der Waals surface area contributed by atoms with Crippen LogP contribution >= 0.6 is 35.6 Å². The van der Waals surface area contributed by atoms with Crippen molar-refractivity contribution in [3.05, 3.63) is 41.2 Å². The molecule has 1 aromatic carbocycles. The highest BCUT2D eigenvalue weighted by molar-refractivity contribution is 6.30. The van der Waals surface area contributed by atoms with Gasteiger partial charge in [0, 0.05) is 22.5 Å². The molecule has 2 aromatic rings. The van der Waals surface area contributed by atoms with Crippen molar-refractivity contribution in [2.75, 3.05) is 0 Å². The average Bonchev–Trinajstić information content (AvgIpc) is 2.67.